The standard InChI is InChI=1S/C15H29N3O/c1-4-11(2)9-18(3)10-15(14(16)19,12-5-6-12)17-13-7-8-13/h11-13,17H,4-10H2,1-3H3,(H2,16,19). The van der Waals surface area contributed by atoms with E-state index in [0.29, 0.717) is 17.9 Å². The van der Waals surface area contributed by atoms with Crippen LogP contribution in [0.4, 0.5) is 0 Å². The first kappa shape index (κ1) is 14.8. The molecule has 19 heavy (non-hydrogen) atoms. The van der Waals surface area contributed by atoms with Crippen molar-refractivity contribution >= 4 is 5.91 Å². The Balaban J connectivity index is 2.01. The highest BCUT2D eigenvalue weighted by atomic mass is 16.1. The van der Waals surface area contributed by atoms with Crippen LogP contribution in [0.25, 0.3) is 0 Å². The van der Waals surface area contributed by atoms with Gasteiger partial charge in [0.05, 0.1) is 0 Å². The number of hydrogen-bond acceptors (Lipinski definition) is 3. The lowest BCUT2D eigenvalue weighted by molar-refractivity contribution is -0.126. The SMILES string of the molecule is CCC(C)CN(C)CC(NC1CC1)(C(N)=O)C1CC1. The molecule has 0 spiro atoms. The van der Waals surface area contributed by atoms with Gasteiger partial charge in [-0.25, -0.2) is 0 Å². The van der Waals surface area contributed by atoms with E-state index in [0.717, 1.165) is 25.9 Å². The molecule has 2 aliphatic carbocycles. The van der Waals surface area contributed by atoms with Gasteiger partial charge in [-0.3, -0.25) is 10.1 Å². The average Bonchev–Trinajstić information content (AvgIpc) is 3.19. The van der Waals surface area contributed by atoms with Gasteiger partial charge in [0.15, 0.2) is 0 Å². The molecule has 1 amide bonds. The number of nitrogens with two attached hydrogens (primary N) is 1. The van der Waals surface area contributed by atoms with E-state index in [4.69, 9.17) is 5.73 Å². The van der Waals surface area contributed by atoms with E-state index < -0.39 is 5.54 Å². The third-order valence-electron chi connectivity index (χ3n) is 4.59. The first-order valence-electron chi connectivity index (χ1n) is 7.74. The molecule has 2 rings (SSSR count). The van der Waals surface area contributed by atoms with E-state index in [1.54, 1.807) is 0 Å². The van der Waals surface area contributed by atoms with Gasteiger partial charge in [0.2, 0.25) is 5.91 Å². The van der Waals surface area contributed by atoms with Crippen LogP contribution >= 0.6 is 0 Å². The minimum absolute atomic E-state index is 0.155. The molecule has 0 aliphatic heterocycles. The van der Waals surface area contributed by atoms with E-state index in [-0.39, 0.29) is 5.91 Å². The number of carbonyl (C=O) groups excluding carboxylic acids is 1. The van der Waals surface area contributed by atoms with E-state index in [2.05, 4.69) is 31.1 Å². The molecule has 0 aromatic rings. The van der Waals surface area contributed by atoms with Crippen LogP contribution in [0, 0.1) is 11.8 Å². The Morgan fingerprint density at radius 2 is 2.05 bits per heavy atom. The van der Waals surface area contributed by atoms with Crippen molar-refractivity contribution in [1.82, 2.24) is 10.2 Å². The molecule has 2 unspecified atom stereocenters. The molecule has 110 valence electrons. The van der Waals surface area contributed by atoms with Crippen LogP contribution in [0.15, 0.2) is 0 Å². The van der Waals surface area contributed by atoms with E-state index in [1.807, 2.05) is 0 Å². The van der Waals surface area contributed by atoms with E-state index in [9.17, 15) is 4.79 Å². The van der Waals surface area contributed by atoms with E-state index >= 15 is 0 Å². The first-order chi connectivity index (χ1) is 8.98. The summed E-state index contributed by atoms with van der Waals surface area (Å²) in [6.07, 6.45) is 5.83. The molecule has 3 N–H and O–H groups in total. The third kappa shape index (κ3) is 3.69. The Labute approximate surface area is 117 Å². The quantitative estimate of drug-likeness (QED) is 0.663. The lowest BCUT2D eigenvalue weighted by atomic mass is 9.90. The largest absolute Gasteiger partial charge is 0.368 e. The number of hydrogen-bond donors (Lipinski definition) is 2. The van der Waals surface area contributed by atoms with Crippen LogP contribution in [0.1, 0.15) is 46.0 Å². The molecular weight excluding hydrogens is 238 g/mol. The molecule has 0 aromatic carbocycles. The Morgan fingerprint density at radius 1 is 1.42 bits per heavy atom. The lowest BCUT2D eigenvalue weighted by Crippen LogP contribution is -2.63. The van der Waals surface area contributed by atoms with Crippen molar-refractivity contribution in [1.29, 1.82) is 0 Å². The molecule has 2 fully saturated rings. The van der Waals surface area contributed by atoms with Crippen LogP contribution in [-0.4, -0.2) is 42.5 Å². The number of carbonyl (C=O) groups is 1. The summed E-state index contributed by atoms with van der Waals surface area (Å²) in [6.45, 7) is 6.26. The van der Waals surface area contributed by atoms with E-state index in [1.165, 1.54) is 19.3 Å². The summed E-state index contributed by atoms with van der Waals surface area (Å²) in [5.74, 6) is 0.957. The highest BCUT2D eigenvalue weighted by molar-refractivity contribution is 5.86. The Bertz CT molecular complexity index is 325. The van der Waals surface area contributed by atoms with Crippen LogP contribution in [-0.2, 0) is 4.79 Å². The van der Waals surface area contributed by atoms with Gasteiger partial charge in [0, 0.05) is 19.1 Å². The molecule has 0 bridgehead atoms. The summed E-state index contributed by atoms with van der Waals surface area (Å²) in [4.78, 5) is 14.4. The van der Waals surface area contributed by atoms with Crippen molar-refractivity contribution in [2.45, 2.75) is 57.5 Å². The van der Waals surface area contributed by atoms with Crippen LogP contribution in [0.5, 0.6) is 0 Å². The maximum absolute atomic E-state index is 12.1. The zero-order chi connectivity index (χ0) is 14.0. The summed E-state index contributed by atoms with van der Waals surface area (Å²) < 4.78 is 0. The van der Waals surface area contributed by atoms with Gasteiger partial charge in [0.25, 0.3) is 0 Å². The minimum atomic E-state index is -0.483. The second-order valence-electron chi connectivity index (χ2n) is 6.74. The zero-order valence-corrected chi connectivity index (χ0v) is 12.6. The number of rotatable bonds is 9. The topological polar surface area (TPSA) is 58.4 Å². The lowest BCUT2D eigenvalue weighted by Gasteiger charge is -2.36. The zero-order valence-electron chi connectivity index (χ0n) is 12.6. The van der Waals surface area contributed by atoms with Crippen molar-refractivity contribution in [3.63, 3.8) is 0 Å². The molecule has 4 heteroatoms. The summed E-state index contributed by atoms with van der Waals surface area (Å²) in [6, 6.07) is 0.519. The first-order valence-corrected chi connectivity index (χ1v) is 7.74. The summed E-state index contributed by atoms with van der Waals surface area (Å²) in [7, 11) is 2.11. The highest BCUT2D eigenvalue weighted by Gasteiger charge is 2.52. The molecule has 2 aliphatic rings. The molecule has 0 heterocycles. The van der Waals surface area contributed by atoms with Gasteiger partial charge in [0.1, 0.15) is 5.54 Å². The molecular formula is C15H29N3O. The summed E-state index contributed by atoms with van der Waals surface area (Å²) >= 11 is 0. The number of primary amides is 1. The molecule has 0 aromatic heterocycles. The molecule has 0 radical (unpaired) electrons. The Kier molecular flexibility index (Phi) is 4.51. The van der Waals surface area contributed by atoms with Gasteiger partial charge in [-0.15, -0.1) is 0 Å². The number of nitrogens with one attached hydrogen (secondary N) is 1. The number of likely N-dealkylation sites (N-methyl/N-ethyl adjacent to an activating group) is 1. The van der Waals surface area contributed by atoms with Gasteiger partial charge in [-0.05, 0) is 44.6 Å². The predicted octanol–water partition coefficient (Wildman–Crippen LogP) is 1.35. The van der Waals surface area contributed by atoms with Gasteiger partial charge in [-0.1, -0.05) is 20.3 Å². The Morgan fingerprint density at radius 3 is 2.47 bits per heavy atom. The monoisotopic (exact) mass is 267 g/mol. The average molecular weight is 267 g/mol. The fraction of sp³-hybridized carbons (Fsp3) is 0.933. The molecule has 2 saturated carbocycles. The fourth-order valence-corrected chi connectivity index (χ4v) is 2.96. The maximum Gasteiger partial charge on any atom is 0.239 e. The van der Waals surface area contributed by atoms with Crippen LogP contribution < -0.4 is 11.1 Å². The van der Waals surface area contributed by atoms with Crippen molar-refractivity contribution < 1.29 is 4.79 Å². The van der Waals surface area contributed by atoms with Crippen molar-refractivity contribution in [3.8, 4) is 0 Å². The van der Waals surface area contributed by atoms with Crippen LogP contribution in [0.3, 0.4) is 0 Å². The van der Waals surface area contributed by atoms with Crippen LogP contribution in [0.2, 0.25) is 0 Å². The van der Waals surface area contributed by atoms with Crippen molar-refractivity contribution in [3.05, 3.63) is 0 Å². The summed E-state index contributed by atoms with van der Waals surface area (Å²) in [5.41, 5.74) is 5.29. The predicted molar refractivity (Wildman–Crippen MR) is 77.8 cm³/mol. The molecule has 4 nitrogen and oxygen atoms in total. The highest BCUT2D eigenvalue weighted by Crippen LogP contribution is 2.42. The number of amides is 1. The number of nitrogens with zero attached hydrogens (tertiary/aromatic N) is 1. The smallest absolute Gasteiger partial charge is 0.239 e. The molecule has 2 atom stereocenters. The summed E-state index contributed by atoms with van der Waals surface area (Å²) in [5, 5.41) is 3.57. The normalized spacial score (nSPS) is 24.2. The third-order valence-corrected chi connectivity index (χ3v) is 4.59. The second kappa shape index (κ2) is 5.80. The van der Waals surface area contributed by atoms with Gasteiger partial charge < -0.3 is 10.6 Å². The fourth-order valence-electron chi connectivity index (χ4n) is 2.96. The van der Waals surface area contributed by atoms with Crippen molar-refractivity contribution in [2.75, 3.05) is 20.1 Å². The maximum atomic E-state index is 12.1. The second-order valence-corrected chi connectivity index (χ2v) is 6.74. The van der Waals surface area contributed by atoms with Crippen molar-refractivity contribution in [2.24, 2.45) is 17.6 Å². The Hall–Kier alpha value is -0.610. The minimum Gasteiger partial charge on any atom is -0.368 e. The van der Waals surface area contributed by atoms with Gasteiger partial charge >= 0.3 is 0 Å². The van der Waals surface area contributed by atoms with Gasteiger partial charge in [-0.2, -0.15) is 0 Å². The molecule has 0 saturated heterocycles.